The molecule has 0 aliphatic carbocycles. The molecule has 2 heterocycles. The van der Waals surface area contributed by atoms with Gasteiger partial charge in [-0.2, -0.15) is 0 Å². The Labute approximate surface area is 161 Å². The van der Waals surface area contributed by atoms with Crippen molar-refractivity contribution in [1.29, 1.82) is 0 Å². The molecule has 5 nitrogen and oxygen atoms in total. The lowest BCUT2D eigenvalue weighted by molar-refractivity contribution is 0.0205. The van der Waals surface area contributed by atoms with Crippen molar-refractivity contribution >= 4 is 6.09 Å². The van der Waals surface area contributed by atoms with Gasteiger partial charge in [0.1, 0.15) is 11.4 Å². The lowest BCUT2D eigenvalue weighted by atomic mass is 9.89. The fourth-order valence-electron chi connectivity index (χ4n) is 3.17. The van der Waals surface area contributed by atoms with Crippen molar-refractivity contribution in [3.8, 4) is 11.6 Å². The zero-order valence-electron chi connectivity index (χ0n) is 16.6. The van der Waals surface area contributed by atoms with Gasteiger partial charge in [0.15, 0.2) is 0 Å². The van der Waals surface area contributed by atoms with Crippen molar-refractivity contribution in [2.45, 2.75) is 52.1 Å². The quantitative estimate of drug-likeness (QED) is 0.738. The molecule has 1 aromatic carbocycles. The van der Waals surface area contributed by atoms with E-state index in [4.69, 9.17) is 9.47 Å². The van der Waals surface area contributed by atoms with Gasteiger partial charge in [0.05, 0.1) is 0 Å². The first-order chi connectivity index (χ1) is 12.8. The maximum atomic E-state index is 12.2. The van der Waals surface area contributed by atoms with Gasteiger partial charge < -0.3 is 14.4 Å². The minimum absolute atomic E-state index is 0.213. The topological polar surface area (TPSA) is 51.7 Å². The van der Waals surface area contributed by atoms with E-state index < -0.39 is 5.60 Å². The first-order valence-electron chi connectivity index (χ1n) is 9.48. The van der Waals surface area contributed by atoms with Crippen molar-refractivity contribution in [2.24, 2.45) is 0 Å². The molecule has 1 aliphatic heterocycles. The Kier molecular flexibility index (Phi) is 5.68. The van der Waals surface area contributed by atoms with Gasteiger partial charge in [-0.3, -0.25) is 0 Å². The maximum Gasteiger partial charge on any atom is 0.410 e. The molecule has 2 aromatic rings. The molecular formula is C22H28N2O3. The maximum absolute atomic E-state index is 12.2. The molecule has 1 amide bonds. The molecule has 1 aromatic heterocycles. The summed E-state index contributed by atoms with van der Waals surface area (Å²) >= 11 is 0. The van der Waals surface area contributed by atoms with Crippen LogP contribution < -0.4 is 4.74 Å². The fourth-order valence-corrected chi connectivity index (χ4v) is 3.17. The van der Waals surface area contributed by atoms with Crippen LogP contribution in [-0.4, -0.2) is 34.7 Å². The molecule has 0 spiro atoms. The van der Waals surface area contributed by atoms with E-state index in [0.717, 1.165) is 37.2 Å². The number of benzene rings is 1. The highest BCUT2D eigenvalue weighted by atomic mass is 16.6. The number of piperidine rings is 1. The van der Waals surface area contributed by atoms with E-state index in [9.17, 15) is 4.79 Å². The summed E-state index contributed by atoms with van der Waals surface area (Å²) in [4.78, 5) is 18.2. The van der Waals surface area contributed by atoms with Crippen LogP contribution in [0.5, 0.6) is 11.6 Å². The minimum Gasteiger partial charge on any atom is -0.444 e. The van der Waals surface area contributed by atoms with E-state index in [1.54, 1.807) is 6.20 Å². The van der Waals surface area contributed by atoms with Crippen LogP contribution in [0.15, 0.2) is 42.6 Å². The highest BCUT2D eigenvalue weighted by Crippen LogP contribution is 2.30. The normalized spacial score (nSPS) is 15.5. The number of carbonyl (C=O) groups excluding carboxylic acids is 1. The molecule has 0 N–H and O–H groups in total. The van der Waals surface area contributed by atoms with Gasteiger partial charge in [0.2, 0.25) is 5.88 Å². The zero-order valence-corrected chi connectivity index (χ0v) is 16.6. The van der Waals surface area contributed by atoms with Gasteiger partial charge in [0.25, 0.3) is 0 Å². The lowest BCUT2D eigenvalue weighted by Crippen LogP contribution is -2.41. The number of pyridine rings is 1. The number of hydrogen-bond acceptors (Lipinski definition) is 4. The summed E-state index contributed by atoms with van der Waals surface area (Å²) in [5.74, 6) is 1.83. The number of nitrogens with zero attached hydrogens (tertiary/aromatic N) is 2. The first-order valence-corrected chi connectivity index (χ1v) is 9.48. The van der Waals surface area contributed by atoms with Crippen molar-refractivity contribution in [3.63, 3.8) is 0 Å². The number of aromatic nitrogens is 1. The van der Waals surface area contributed by atoms with Crippen LogP contribution in [0.1, 0.15) is 50.7 Å². The van der Waals surface area contributed by atoms with Crippen LogP contribution >= 0.6 is 0 Å². The molecular weight excluding hydrogens is 340 g/mol. The second-order valence-corrected chi connectivity index (χ2v) is 8.09. The molecule has 1 fully saturated rings. The number of carbonyl (C=O) groups is 1. The Hall–Kier alpha value is -2.56. The third kappa shape index (κ3) is 5.46. The Balaban J connectivity index is 1.54. The van der Waals surface area contributed by atoms with Crippen molar-refractivity contribution in [1.82, 2.24) is 9.88 Å². The second kappa shape index (κ2) is 7.99. The summed E-state index contributed by atoms with van der Waals surface area (Å²) in [7, 11) is 0. The number of amides is 1. The molecule has 1 saturated heterocycles. The van der Waals surface area contributed by atoms with Crippen molar-refractivity contribution < 1.29 is 14.3 Å². The third-order valence-corrected chi connectivity index (χ3v) is 4.60. The molecule has 27 heavy (non-hydrogen) atoms. The Morgan fingerprint density at radius 3 is 2.30 bits per heavy atom. The summed E-state index contributed by atoms with van der Waals surface area (Å²) in [5.41, 5.74) is 1.94. The third-order valence-electron chi connectivity index (χ3n) is 4.60. The molecule has 144 valence electrons. The number of likely N-dealkylation sites (tertiary alicyclic amines) is 1. The van der Waals surface area contributed by atoms with Crippen LogP contribution in [0.25, 0.3) is 0 Å². The summed E-state index contributed by atoms with van der Waals surface area (Å²) in [6.07, 6.45) is 3.47. The van der Waals surface area contributed by atoms with Gasteiger partial charge in [-0.15, -0.1) is 0 Å². The summed E-state index contributed by atoms with van der Waals surface area (Å²) in [6, 6.07) is 12.0. The highest BCUT2D eigenvalue weighted by Gasteiger charge is 2.27. The summed E-state index contributed by atoms with van der Waals surface area (Å²) in [5, 5.41) is 0. The standard InChI is InChI=1S/C22H28N2O3/c1-16-5-10-20(23-15-16)26-19-8-6-17(7-9-19)18-11-13-24(14-12-18)21(25)27-22(2,3)4/h5-10,15,18H,11-14H2,1-4H3. The zero-order chi connectivity index (χ0) is 19.4. The van der Waals surface area contributed by atoms with Crippen LogP contribution in [0, 0.1) is 6.92 Å². The largest absolute Gasteiger partial charge is 0.444 e. The van der Waals surface area contributed by atoms with Crippen LogP contribution in [0.4, 0.5) is 4.79 Å². The van der Waals surface area contributed by atoms with Crippen molar-refractivity contribution in [3.05, 3.63) is 53.7 Å². The van der Waals surface area contributed by atoms with E-state index in [1.165, 1.54) is 5.56 Å². The van der Waals surface area contributed by atoms with Crippen LogP contribution in [0.3, 0.4) is 0 Å². The summed E-state index contributed by atoms with van der Waals surface area (Å²) < 4.78 is 11.3. The number of ether oxygens (including phenoxy) is 2. The van der Waals surface area contributed by atoms with Crippen LogP contribution in [-0.2, 0) is 4.74 Å². The van der Waals surface area contributed by atoms with Gasteiger partial charge in [-0.05, 0) is 69.7 Å². The predicted molar refractivity (Wildman–Crippen MR) is 105 cm³/mol. The predicted octanol–water partition coefficient (Wildman–Crippen LogP) is 5.30. The van der Waals surface area contributed by atoms with Crippen molar-refractivity contribution in [2.75, 3.05) is 13.1 Å². The van der Waals surface area contributed by atoms with E-state index in [0.29, 0.717) is 11.8 Å². The van der Waals surface area contributed by atoms with Gasteiger partial charge in [0, 0.05) is 25.4 Å². The van der Waals surface area contributed by atoms with Crippen LogP contribution in [0.2, 0.25) is 0 Å². The molecule has 0 bridgehead atoms. The van der Waals surface area contributed by atoms with Gasteiger partial charge in [-0.1, -0.05) is 18.2 Å². The number of rotatable bonds is 3. The summed E-state index contributed by atoms with van der Waals surface area (Å²) in [6.45, 7) is 9.14. The number of hydrogen-bond donors (Lipinski definition) is 0. The van der Waals surface area contributed by atoms with Gasteiger partial charge in [-0.25, -0.2) is 9.78 Å². The molecule has 0 unspecified atom stereocenters. The Morgan fingerprint density at radius 2 is 1.74 bits per heavy atom. The number of aryl methyl sites for hydroxylation is 1. The average Bonchev–Trinajstić information content (AvgIpc) is 2.63. The Morgan fingerprint density at radius 1 is 1.07 bits per heavy atom. The first kappa shape index (κ1) is 19.2. The van der Waals surface area contributed by atoms with E-state index in [2.05, 4.69) is 17.1 Å². The molecule has 0 radical (unpaired) electrons. The highest BCUT2D eigenvalue weighted by molar-refractivity contribution is 5.68. The smallest absolute Gasteiger partial charge is 0.410 e. The fraction of sp³-hybridized carbons (Fsp3) is 0.455. The van der Waals surface area contributed by atoms with E-state index in [-0.39, 0.29) is 6.09 Å². The SMILES string of the molecule is Cc1ccc(Oc2ccc(C3CCN(C(=O)OC(C)(C)C)CC3)cc2)nc1. The van der Waals surface area contributed by atoms with Gasteiger partial charge >= 0.3 is 6.09 Å². The monoisotopic (exact) mass is 368 g/mol. The average molecular weight is 368 g/mol. The molecule has 0 saturated carbocycles. The van der Waals surface area contributed by atoms with E-state index >= 15 is 0 Å². The minimum atomic E-state index is -0.448. The molecule has 5 heteroatoms. The lowest BCUT2D eigenvalue weighted by Gasteiger charge is -2.33. The second-order valence-electron chi connectivity index (χ2n) is 8.09. The molecule has 1 aliphatic rings. The molecule has 0 atom stereocenters. The van der Waals surface area contributed by atoms with E-state index in [1.807, 2.05) is 56.9 Å². The molecule has 3 rings (SSSR count). The Bertz CT molecular complexity index is 756.